The molecule has 1 aromatic carbocycles. The molecule has 3 aliphatic carbocycles. The summed E-state index contributed by atoms with van der Waals surface area (Å²) in [4.78, 5) is 11.1. The maximum absolute atomic E-state index is 14.2. The van der Waals surface area contributed by atoms with Crippen molar-refractivity contribution in [3.8, 4) is 5.75 Å². The molecule has 1 aromatic rings. The number of rotatable bonds is 1. The van der Waals surface area contributed by atoms with Crippen molar-refractivity contribution in [3.63, 3.8) is 0 Å². The molecule has 2 saturated carbocycles. The number of halogens is 1. The summed E-state index contributed by atoms with van der Waals surface area (Å²) in [5.41, 5.74) is 2.32. The smallest absolute Gasteiger partial charge is 0.308 e. The van der Waals surface area contributed by atoms with E-state index in [0.717, 1.165) is 25.7 Å². The Balaban J connectivity index is 1.64. The van der Waals surface area contributed by atoms with E-state index in [1.165, 1.54) is 18.1 Å². The fourth-order valence-electron chi connectivity index (χ4n) is 5.73. The molecule has 1 N–H and O–H groups in total. The molecule has 0 spiro atoms. The zero-order chi connectivity index (χ0) is 17.1. The number of esters is 1. The van der Waals surface area contributed by atoms with Gasteiger partial charge in [-0.3, -0.25) is 4.79 Å². The van der Waals surface area contributed by atoms with Crippen LogP contribution in [-0.2, 0) is 11.2 Å². The molecule has 0 aliphatic heterocycles. The van der Waals surface area contributed by atoms with Gasteiger partial charge >= 0.3 is 5.97 Å². The highest BCUT2D eigenvalue weighted by Gasteiger charge is 2.58. The fraction of sp³-hybridized carbons (Fsp3) is 0.650. The van der Waals surface area contributed by atoms with Crippen LogP contribution in [-0.4, -0.2) is 23.4 Å². The maximum Gasteiger partial charge on any atom is 0.308 e. The molecule has 0 unspecified atom stereocenters. The van der Waals surface area contributed by atoms with E-state index in [2.05, 4.69) is 13.0 Å². The van der Waals surface area contributed by atoms with Gasteiger partial charge in [0.1, 0.15) is 11.9 Å². The molecule has 2 fully saturated rings. The minimum atomic E-state index is -1.08. The van der Waals surface area contributed by atoms with Crippen LogP contribution >= 0.6 is 0 Å². The summed E-state index contributed by atoms with van der Waals surface area (Å²) in [6.07, 6.45) is 2.46. The van der Waals surface area contributed by atoms with Crippen molar-refractivity contribution in [1.82, 2.24) is 0 Å². The number of aliphatic hydroxyl groups is 1. The third-order valence-corrected chi connectivity index (χ3v) is 6.89. The Labute approximate surface area is 142 Å². The second-order valence-corrected chi connectivity index (χ2v) is 8.11. The molecule has 3 nitrogen and oxygen atoms in total. The van der Waals surface area contributed by atoms with E-state index in [0.29, 0.717) is 24.0 Å². The highest BCUT2D eigenvalue weighted by atomic mass is 19.1. The minimum Gasteiger partial charge on any atom is -0.427 e. The van der Waals surface area contributed by atoms with Gasteiger partial charge in [-0.2, -0.15) is 0 Å². The minimum absolute atomic E-state index is 0.266. The predicted octanol–water partition coefficient (Wildman–Crippen LogP) is 3.78. The highest BCUT2D eigenvalue weighted by molar-refractivity contribution is 5.69. The van der Waals surface area contributed by atoms with Crippen LogP contribution in [0.2, 0.25) is 0 Å². The Morgan fingerprint density at radius 2 is 2.17 bits per heavy atom. The van der Waals surface area contributed by atoms with Crippen molar-refractivity contribution in [3.05, 3.63) is 29.3 Å². The van der Waals surface area contributed by atoms with Crippen LogP contribution in [0.1, 0.15) is 56.6 Å². The van der Waals surface area contributed by atoms with Gasteiger partial charge in [-0.15, -0.1) is 0 Å². The van der Waals surface area contributed by atoms with Gasteiger partial charge in [0, 0.05) is 6.92 Å². The topological polar surface area (TPSA) is 46.5 Å². The van der Waals surface area contributed by atoms with Gasteiger partial charge in [0.25, 0.3) is 0 Å². The first-order valence-electron chi connectivity index (χ1n) is 9.03. The van der Waals surface area contributed by atoms with E-state index < -0.39 is 12.3 Å². The van der Waals surface area contributed by atoms with Gasteiger partial charge in [0.15, 0.2) is 0 Å². The number of fused-ring (bicyclic) bond motifs is 5. The number of carbonyl (C=O) groups excluding carboxylic acids is 1. The molecule has 130 valence electrons. The molecule has 6 atom stereocenters. The number of hydrogen-bond donors (Lipinski definition) is 1. The van der Waals surface area contributed by atoms with E-state index in [4.69, 9.17) is 4.74 Å². The average Bonchev–Trinajstić information content (AvgIpc) is 2.77. The molecule has 3 aliphatic rings. The lowest BCUT2D eigenvalue weighted by atomic mass is 9.55. The SMILES string of the molecule is CC(=O)Oc1ccc2c(c1)CC[C@@H]1[C@@H]2CC[C@]2(C)[C@@H](O)[C@H](F)C[C@@H]12. The summed E-state index contributed by atoms with van der Waals surface area (Å²) in [5, 5.41) is 10.3. The van der Waals surface area contributed by atoms with E-state index in [1.807, 2.05) is 12.1 Å². The van der Waals surface area contributed by atoms with Gasteiger partial charge in [0.05, 0.1) is 6.10 Å². The number of benzene rings is 1. The number of carbonyl (C=O) groups is 1. The van der Waals surface area contributed by atoms with E-state index in [9.17, 15) is 14.3 Å². The molecular formula is C20H25FO3. The molecule has 0 saturated heterocycles. The van der Waals surface area contributed by atoms with Crippen LogP contribution < -0.4 is 4.74 Å². The first kappa shape index (κ1) is 16.1. The van der Waals surface area contributed by atoms with Crippen molar-refractivity contribution >= 4 is 5.97 Å². The zero-order valence-corrected chi connectivity index (χ0v) is 14.3. The zero-order valence-electron chi connectivity index (χ0n) is 14.3. The second-order valence-electron chi connectivity index (χ2n) is 8.11. The average molecular weight is 332 g/mol. The number of aryl methyl sites for hydroxylation is 1. The summed E-state index contributed by atoms with van der Waals surface area (Å²) < 4.78 is 19.4. The second kappa shape index (κ2) is 5.55. The Hall–Kier alpha value is -1.42. The summed E-state index contributed by atoms with van der Waals surface area (Å²) in [7, 11) is 0. The number of hydrogen-bond acceptors (Lipinski definition) is 3. The molecule has 4 rings (SSSR count). The van der Waals surface area contributed by atoms with E-state index in [-0.39, 0.29) is 17.3 Å². The Morgan fingerprint density at radius 3 is 2.92 bits per heavy atom. The molecule has 0 radical (unpaired) electrons. The van der Waals surface area contributed by atoms with Crippen LogP contribution in [0.15, 0.2) is 18.2 Å². The summed E-state index contributed by atoms with van der Waals surface area (Å²) in [5.74, 6) is 1.47. The molecule has 24 heavy (non-hydrogen) atoms. The lowest BCUT2D eigenvalue weighted by molar-refractivity contribution is -0.131. The lowest BCUT2D eigenvalue weighted by Crippen LogP contribution is -2.44. The fourth-order valence-corrected chi connectivity index (χ4v) is 5.73. The van der Waals surface area contributed by atoms with Gasteiger partial charge in [-0.1, -0.05) is 13.0 Å². The van der Waals surface area contributed by atoms with Crippen LogP contribution in [0.25, 0.3) is 0 Å². The van der Waals surface area contributed by atoms with Gasteiger partial charge in [-0.25, -0.2) is 4.39 Å². The molecule has 0 heterocycles. The summed E-state index contributed by atoms with van der Waals surface area (Å²) in [6, 6.07) is 5.95. The molecule has 0 aromatic heterocycles. The largest absolute Gasteiger partial charge is 0.427 e. The third-order valence-electron chi connectivity index (χ3n) is 6.89. The van der Waals surface area contributed by atoms with Crippen LogP contribution in [0, 0.1) is 17.3 Å². The van der Waals surface area contributed by atoms with E-state index >= 15 is 0 Å². The van der Waals surface area contributed by atoms with Crippen LogP contribution in [0.5, 0.6) is 5.75 Å². The summed E-state index contributed by atoms with van der Waals surface area (Å²) in [6.45, 7) is 3.49. The standard InChI is InChI=1S/C20H25FO3/c1-11(22)24-13-4-6-14-12(9-13)3-5-16-15(14)7-8-20(2)17(16)10-18(21)19(20)23/h4,6,9,15-19,23H,3,5,7-8,10H2,1-2H3/t15-,16-,17+,18-,19+,20+/m1/s1. The van der Waals surface area contributed by atoms with Crippen molar-refractivity contribution in [2.45, 2.75) is 64.1 Å². The van der Waals surface area contributed by atoms with Crippen molar-refractivity contribution in [1.29, 1.82) is 0 Å². The van der Waals surface area contributed by atoms with Crippen molar-refractivity contribution in [2.75, 3.05) is 0 Å². The third kappa shape index (κ3) is 2.30. The lowest BCUT2D eigenvalue weighted by Gasteiger charge is -2.49. The molecule has 4 heteroatoms. The molecule has 0 amide bonds. The number of ether oxygens (including phenoxy) is 1. The number of alkyl halides is 1. The first-order chi connectivity index (χ1) is 11.4. The maximum atomic E-state index is 14.2. The Bertz CT molecular complexity index is 673. The quantitative estimate of drug-likeness (QED) is 0.629. The van der Waals surface area contributed by atoms with Crippen LogP contribution in [0.3, 0.4) is 0 Å². The summed E-state index contributed by atoms with van der Waals surface area (Å²) >= 11 is 0. The Kier molecular flexibility index (Phi) is 3.72. The van der Waals surface area contributed by atoms with Gasteiger partial charge < -0.3 is 9.84 Å². The predicted molar refractivity (Wildman–Crippen MR) is 88.7 cm³/mol. The molecular weight excluding hydrogens is 307 g/mol. The highest BCUT2D eigenvalue weighted by Crippen LogP contribution is 2.61. The monoisotopic (exact) mass is 332 g/mol. The first-order valence-corrected chi connectivity index (χ1v) is 9.03. The normalized spacial score (nSPS) is 40.4. The Morgan fingerprint density at radius 1 is 1.38 bits per heavy atom. The van der Waals surface area contributed by atoms with E-state index in [1.54, 1.807) is 0 Å². The van der Waals surface area contributed by atoms with Gasteiger partial charge in [0.2, 0.25) is 0 Å². The van der Waals surface area contributed by atoms with Crippen LogP contribution in [0.4, 0.5) is 4.39 Å². The number of aliphatic hydroxyl groups excluding tert-OH is 1. The molecule has 0 bridgehead atoms. The van der Waals surface area contributed by atoms with Crippen molar-refractivity contribution < 1.29 is 19.0 Å². The van der Waals surface area contributed by atoms with Gasteiger partial charge in [-0.05, 0) is 78.5 Å². The van der Waals surface area contributed by atoms with Crippen molar-refractivity contribution in [2.24, 2.45) is 17.3 Å².